The molecule has 114 valence electrons. The van der Waals surface area contributed by atoms with E-state index in [0.29, 0.717) is 6.42 Å². The van der Waals surface area contributed by atoms with Crippen molar-refractivity contribution in [2.45, 2.75) is 51.1 Å². The molecule has 5 heteroatoms. The van der Waals surface area contributed by atoms with Gasteiger partial charge in [-0.3, -0.25) is 0 Å². The average molecular weight is 290 g/mol. The monoisotopic (exact) mass is 290 g/mol. The van der Waals surface area contributed by atoms with Crippen molar-refractivity contribution in [2.75, 3.05) is 0 Å². The van der Waals surface area contributed by atoms with Gasteiger partial charge in [-0.25, -0.2) is 9.59 Å². The van der Waals surface area contributed by atoms with E-state index in [1.54, 1.807) is 6.92 Å². The summed E-state index contributed by atoms with van der Waals surface area (Å²) in [5.41, 5.74) is 1.36. The Kier molecular flexibility index (Phi) is 4.50. The molecule has 1 aliphatic rings. The Balaban J connectivity index is 1.94. The van der Waals surface area contributed by atoms with Gasteiger partial charge in [-0.05, 0) is 43.7 Å². The van der Waals surface area contributed by atoms with Gasteiger partial charge in [0.2, 0.25) is 0 Å². The van der Waals surface area contributed by atoms with Gasteiger partial charge in [0.15, 0.2) is 0 Å². The second-order valence-electron chi connectivity index (χ2n) is 5.80. The molecule has 1 aliphatic carbocycles. The number of hydrogen-bond acceptors (Lipinski definition) is 2. The third-order valence-corrected chi connectivity index (χ3v) is 4.25. The fourth-order valence-electron chi connectivity index (χ4n) is 2.59. The zero-order valence-electron chi connectivity index (χ0n) is 12.5. The van der Waals surface area contributed by atoms with Gasteiger partial charge in [0.25, 0.3) is 0 Å². The van der Waals surface area contributed by atoms with Crippen LogP contribution >= 0.6 is 0 Å². The number of aryl methyl sites for hydroxylation is 1. The molecule has 0 bridgehead atoms. The zero-order valence-corrected chi connectivity index (χ0v) is 12.5. The predicted octanol–water partition coefficient (Wildman–Crippen LogP) is 2.10. The van der Waals surface area contributed by atoms with Crippen LogP contribution in [0.5, 0.6) is 0 Å². The second kappa shape index (κ2) is 6.16. The molecule has 21 heavy (non-hydrogen) atoms. The normalized spacial score (nSPS) is 20.0. The van der Waals surface area contributed by atoms with Crippen molar-refractivity contribution >= 4 is 12.0 Å². The molecule has 2 atom stereocenters. The summed E-state index contributed by atoms with van der Waals surface area (Å²) in [5.74, 6) is -1.02. The first-order chi connectivity index (χ1) is 9.94. The lowest BCUT2D eigenvalue weighted by molar-refractivity contribution is -0.143. The summed E-state index contributed by atoms with van der Waals surface area (Å²) in [6.45, 7) is 3.26. The number of rotatable bonds is 4. The molecule has 0 heterocycles. The van der Waals surface area contributed by atoms with Crippen molar-refractivity contribution in [3.8, 4) is 0 Å². The van der Waals surface area contributed by atoms with E-state index in [1.165, 1.54) is 18.1 Å². The van der Waals surface area contributed by atoms with Gasteiger partial charge >= 0.3 is 12.0 Å². The minimum Gasteiger partial charge on any atom is -0.480 e. The van der Waals surface area contributed by atoms with E-state index in [-0.39, 0.29) is 6.04 Å². The standard InChI is InChI=1S/C16H22N2O3/c1-3-16(2,14(19)20)18-15(21)17-13-9-8-11-6-4-5-7-12(11)10-13/h4-7,13H,3,8-10H2,1-2H3,(H,19,20)(H2,17,18,21). The first-order valence-electron chi connectivity index (χ1n) is 7.33. The van der Waals surface area contributed by atoms with Crippen LogP contribution in [0.3, 0.4) is 0 Å². The van der Waals surface area contributed by atoms with Crippen LogP contribution in [0.15, 0.2) is 24.3 Å². The molecule has 0 saturated heterocycles. The smallest absolute Gasteiger partial charge is 0.329 e. The maximum Gasteiger partial charge on any atom is 0.329 e. The highest BCUT2D eigenvalue weighted by Crippen LogP contribution is 2.21. The predicted molar refractivity (Wildman–Crippen MR) is 80.3 cm³/mol. The fraction of sp³-hybridized carbons (Fsp3) is 0.500. The Hall–Kier alpha value is -2.04. The summed E-state index contributed by atoms with van der Waals surface area (Å²) in [5, 5.41) is 14.6. The number of benzene rings is 1. The third kappa shape index (κ3) is 3.54. The van der Waals surface area contributed by atoms with Crippen LogP contribution in [0.4, 0.5) is 4.79 Å². The average Bonchev–Trinajstić information content (AvgIpc) is 2.46. The van der Waals surface area contributed by atoms with Crippen LogP contribution < -0.4 is 10.6 Å². The summed E-state index contributed by atoms with van der Waals surface area (Å²) in [7, 11) is 0. The molecule has 3 N–H and O–H groups in total. The van der Waals surface area contributed by atoms with Crippen LogP contribution in [-0.4, -0.2) is 28.7 Å². The van der Waals surface area contributed by atoms with Crippen molar-refractivity contribution in [3.05, 3.63) is 35.4 Å². The topological polar surface area (TPSA) is 78.4 Å². The number of hydrogen-bond donors (Lipinski definition) is 3. The highest BCUT2D eigenvalue weighted by molar-refractivity contribution is 5.85. The molecule has 0 aliphatic heterocycles. The molecule has 0 radical (unpaired) electrons. The van der Waals surface area contributed by atoms with E-state index in [9.17, 15) is 14.7 Å². The Labute approximate surface area is 124 Å². The van der Waals surface area contributed by atoms with Crippen LogP contribution in [0.25, 0.3) is 0 Å². The number of carboxylic acids is 1. The number of fused-ring (bicyclic) bond motifs is 1. The van der Waals surface area contributed by atoms with Crippen molar-refractivity contribution in [1.29, 1.82) is 0 Å². The SMILES string of the molecule is CCC(C)(NC(=O)NC1CCc2ccccc2C1)C(=O)O. The molecule has 1 aromatic rings. The summed E-state index contributed by atoms with van der Waals surface area (Å²) in [4.78, 5) is 23.2. The van der Waals surface area contributed by atoms with Crippen LogP contribution in [0, 0.1) is 0 Å². The van der Waals surface area contributed by atoms with Crippen molar-refractivity contribution in [1.82, 2.24) is 10.6 Å². The molecular formula is C16H22N2O3. The maximum absolute atomic E-state index is 12.0. The lowest BCUT2D eigenvalue weighted by Crippen LogP contribution is -2.56. The minimum absolute atomic E-state index is 0.0507. The molecule has 0 fully saturated rings. The lowest BCUT2D eigenvalue weighted by Gasteiger charge is -2.29. The Morgan fingerprint density at radius 3 is 2.62 bits per heavy atom. The molecule has 0 aromatic heterocycles. The van der Waals surface area contributed by atoms with E-state index in [1.807, 2.05) is 12.1 Å². The summed E-state index contributed by atoms with van der Waals surface area (Å²) >= 11 is 0. The molecular weight excluding hydrogens is 268 g/mol. The fourth-order valence-corrected chi connectivity index (χ4v) is 2.59. The van der Waals surface area contributed by atoms with Crippen molar-refractivity contribution < 1.29 is 14.7 Å². The number of urea groups is 1. The molecule has 2 amide bonds. The molecule has 5 nitrogen and oxygen atoms in total. The van der Waals surface area contributed by atoms with Gasteiger partial charge in [0, 0.05) is 6.04 Å². The largest absolute Gasteiger partial charge is 0.480 e. The summed E-state index contributed by atoms with van der Waals surface area (Å²) in [6, 6.07) is 7.86. The van der Waals surface area contributed by atoms with Gasteiger partial charge < -0.3 is 15.7 Å². The van der Waals surface area contributed by atoms with E-state index in [4.69, 9.17) is 0 Å². The Morgan fingerprint density at radius 1 is 1.33 bits per heavy atom. The van der Waals surface area contributed by atoms with Gasteiger partial charge in [0.05, 0.1) is 0 Å². The summed E-state index contributed by atoms with van der Waals surface area (Å²) < 4.78 is 0. The van der Waals surface area contributed by atoms with Gasteiger partial charge in [-0.1, -0.05) is 31.2 Å². The number of carbonyl (C=O) groups excluding carboxylic acids is 1. The van der Waals surface area contributed by atoms with E-state index < -0.39 is 17.5 Å². The Bertz CT molecular complexity index is 544. The van der Waals surface area contributed by atoms with Gasteiger partial charge in [-0.2, -0.15) is 0 Å². The lowest BCUT2D eigenvalue weighted by atomic mass is 9.88. The molecule has 0 saturated carbocycles. The third-order valence-electron chi connectivity index (χ3n) is 4.25. The molecule has 2 unspecified atom stereocenters. The van der Waals surface area contributed by atoms with Crippen molar-refractivity contribution in [3.63, 3.8) is 0 Å². The van der Waals surface area contributed by atoms with Crippen LogP contribution in [-0.2, 0) is 17.6 Å². The number of carboxylic acid groups (broad SMARTS) is 1. The number of aliphatic carboxylic acids is 1. The second-order valence-corrected chi connectivity index (χ2v) is 5.80. The van der Waals surface area contributed by atoms with Crippen LogP contribution in [0.1, 0.15) is 37.8 Å². The van der Waals surface area contributed by atoms with Gasteiger partial charge in [-0.15, -0.1) is 0 Å². The minimum atomic E-state index is -1.23. The number of amides is 2. The first-order valence-corrected chi connectivity index (χ1v) is 7.33. The van der Waals surface area contributed by atoms with Gasteiger partial charge in [0.1, 0.15) is 5.54 Å². The number of nitrogens with one attached hydrogen (secondary N) is 2. The molecule has 0 spiro atoms. The first kappa shape index (κ1) is 15.4. The highest BCUT2D eigenvalue weighted by Gasteiger charge is 2.33. The van der Waals surface area contributed by atoms with E-state index in [2.05, 4.69) is 22.8 Å². The molecule has 1 aromatic carbocycles. The summed E-state index contributed by atoms with van der Waals surface area (Å²) in [6.07, 6.45) is 2.94. The maximum atomic E-state index is 12.0. The highest BCUT2D eigenvalue weighted by atomic mass is 16.4. The number of carbonyl (C=O) groups is 2. The zero-order chi connectivity index (χ0) is 15.5. The van der Waals surface area contributed by atoms with Crippen LogP contribution in [0.2, 0.25) is 0 Å². The van der Waals surface area contributed by atoms with Crippen molar-refractivity contribution in [2.24, 2.45) is 0 Å². The molecule has 2 rings (SSSR count). The quantitative estimate of drug-likeness (QED) is 0.794. The Morgan fingerprint density at radius 2 is 2.00 bits per heavy atom. The van der Waals surface area contributed by atoms with E-state index in [0.717, 1.165) is 19.3 Å². The van der Waals surface area contributed by atoms with E-state index >= 15 is 0 Å².